The van der Waals surface area contributed by atoms with Crippen LogP contribution in [-0.4, -0.2) is 51.1 Å². The molecule has 6 nitrogen and oxygen atoms in total. The normalized spacial score (nSPS) is 12.6. The number of halogens is 1. The van der Waals surface area contributed by atoms with Gasteiger partial charge in [-0.15, -0.1) is 0 Å². The number of nitrogens with one attached hydrogen (secondary N) is 1. The number of aryl methyl sites for hydroxylation is 1. The number of fused-ring (bicyclic) bond motifs is 3. The molecule has 2 heterocycles. The van der Waals surface area contributed by atoms with E-state index in [0.717, 1.165) is 49.5 Å². The molecule has 0 radical (unpaired) electrons. The molecule has 5 rings (SSSR count). The first kappa shape index (κ1) is 24.4. The summed E-state index contributed by atoms with van der Waals surface area (Å²) < 4.78 is 8.13. The molecule has 0 saturated heterocycles. The third-order valence-corrected chi connectivity index (χ3v) is 6.90. The van der Waals surface area contributed by atoms with E-state index in [2.05, 4.69) is 28.9 Å². The van der Waals surface area contributed by atoms with Gasteiger partial charge in [-0.05, 0) is 56.8 Å². The highest BCUT2D eigenvalue weighted by Gasteiger charge is 2.17. The standard InChI is InChI=1S/C29H31ClN4O2/c1-19-25(20(2)34(32-19)15-21-11-13-22(30)14-12-21)17-33(3)16-23(35)18-36-28-10-6-9-27-29(28)24-7-4-5-8-26(24)31-27/h4-14,23,31,35H,15-18H2,1-3H3. The molecule has 2 aromatic heterocycles. The van der Waals surface area contributed by atoms with Gasteiger partial charge in [0.25, 0.3) is 0 Å². The quantitative estimate of drug-likeness (QED) is 0.271. The number of aromatic nitrogens is 3. The molecule has 0 saturated carbocycles. The number of hydrogen-bond acceptors (Lipinski definition) is 4. The van der Waals surface area contributed by atoms with Crippen LogP contribution in [0, 0.1) is 13.8 Å². The van der Waals surface area contributed by atoms with Crippen LogP contribution in [0.3, 0.4) is 0 Å². The van der Waals surface area contributed by atoms with Crippen molar-refractivity contribution < 1.29 is 9.84 Å². The Morgan fingerprint density at radius 1 is 1.03 bits per heavy atom. The smallest absolute Gasteiger partial charge is 0.129 e. The molecule has 0 bridgehead atoms. The van der Waals surface area contributed by atoms with E-state index in [1.165, 1.54) is 5.56 Å². The maximum absolute atomic E-state index is 10.7. The molecule has 7 heteroatoms. The van der Waals surface area contributed by atoms with Gasteiger partial charge in [-0.2, -0.15) is 5.10 Å². The highest BCUT2D eigenvalue weighted by Crippen LogP contribution is 2.33. The molecule has 2 N–H and O–H groups in total. The molecule has 0 aliphatic carbocycles. The van der Waals surface area contributed by atoms with Crippen molar-refractivity contribution in [2.75, 3.05) is 20.2 Å². The molecule has 0 aliphatic rings. The summed E-state index contributed by atoms with van der Waals surface area (Å²) in [6, 6.07) is 22.0. The lowest BCUT2D eigenvalue weighted by atomic mass is 10.1. The van der Waals surface area contributed by atoms with E-state index in [1.807, 2.05) is 73.3 Å². The number of para-hydroxylation sites is 1. The first-order valence-corrected chi connectivity index (χ1v) is 12.5. The summed E-state index contributed by atoms with van der Waals surface area (Å²) in [6.45, 7) is 6.25. The molecule has 36 heavy (non-hydrogen) atoms. The summed E-state index contributed by atoms with van der Waals surface area (Å²) in [7, 11) is 2.01. The van der Waals surface area contributed by atoms with Crippen LogP contribution in [0.2, 0.25) is 5.02 Å². The van der Waals surface area contributed by atoms with Gasteiger partial charge in [0.05, 0.1) is 17.8 Å². The van der Waals surface area contributed by atoms with Gasteiger partial charge in [0, 0.05) is 45.7 Å². The number of H-pyrrole nitrogens is 1. The summed E-state index contributed by atoms with van der Waals surface area (Å²) in [5.74, 6) is 0.779. The van der Waals surface area contributed by atoms with Gasteiger partial charge in [-0.25, -0.2) is 0 Å². The van der Waals surface area contributed by atoms with E-state index in [1.54, 1.807) is 0 Å². The molecular formula is C29H31ClN4O2. The minimum Gasteiger partial charge on any atom is -0.490 e. The molecular weight excluding hydrogens is 472 g/mol. The predicted octanol–water partition coefficient (Wildman–Crippen LogP) is 5.71. The zero-order valence-corrected chi connectivity index (χ0v) is 21.6. The zero-order valence-electron chi connectivity index (χ0n) is 20.8. The molecule has 0 amide bonds. The van der Waals surface area contributed by atoms with Crippen LogP contribution in [0.4, 0.5) is 0 Å². The second-order valence-corrected chi connectivity index (χ2v) is 9.88. The third-order valence-electron chi connectivity index (χ3n) is 6.65. The molecule has 186 valence electrons. The lowest BCUT2D eigenvalue weighted by Crippen LogP contribution is -2.33. The summed E-state index contributed by atoms with van der Waals surface area (Å²) in [4.78, 5) is 5.55. The van der Waals surface area contributed by atoms with Crippen molar-refractivity contribution in [2.24, 2.45) is 0 Å². The van der Waals surface area contributed by atoms with E-state index >= 15 is 0 Å². The molecule has 5 aromatic rings. The van der Waals surface area contributed by atoms with E-state index in [-0.39, 0.29) is 6.61 Å². The van der Waals surface area contributed by atoms with Gasteiger partial charge in [0.2, 0.25) is 0 Å². The second kappa shape index (κ2) is 10.3. The Labute approximate surface area is 216 Å². The van der Waals surface area contributed by atoms with Gasteiger partial charge in [-0.3, -0.25) is 9.58 Å². The largest absolute Gasteiger partial charge is 0.490 e. The van der Waals surface area contributed by atoms with Crippen LogP contribution in [0.1, 0.15) is 22.5 Å². The predicted molar refractivity (Wildman–Crippen MR) is 146 cm³/mol. The Balaban J connectivity index is 1.21. The number of ether oxygens (including phenoxy) is 1. The van der Waals surface area contributed by atoms with E-state index < -0.39 is 6.10 Å². The maximum Gasteiger partial charge on any atom is 0.129 e. The van der Waals surface area contributed by atoms with Gasteiger partial charge in [0.1, 0.15) is 18.5 Å². The van der Waals surface area contributed by atoms with Crippen LogP contribution in [0.25, 0.3) is 21.8 Å². The molecule has 3 aromatic carbocycles. The molecule has 0 fully saturated rings. The Hall–Kier alpha value is -3.32. The molecule has 0 spiro atoms. The van der Waals surface area contributed by atoms with Crippen molar-refractivity contribution in [1.82, 2.24) is 19.7 Å². The number of aliphatic hydroxyl groups excluding tert-OH is 1. The zero-order chi connectivity index (χ0) is 25.2. The van der Waals surface area contributed by atoms with E-state index in [0.29, 0.717) is 19.6 Å². The van der Waals surface area contributed by atoms with Gasteiger partial charge >= 0.3 is 0 Å². The number of hydrogen-bond donors (Lipinski definition) is 2. The van der Waals surface area contributed by atoms with E-state index in [9.17, 15) is 5.11 Å². The Morgan fingerprint density at radius 3 is 2.58 bits per heavy atom. The third kappa shape index (κ3) is 5.12. The fourth-order valence-electron chi connectivity index (χ4n) is 4.80. The molecule has 1 atom stereocenters. The van der Waals surface area contributed by atoms with Crippen LogP contribution in [0.5, 0.6) is 5.75 Å². The number of likely N-dealkylation sites (N-methyl/N-ethyl adjacent to an activating group) is 1. The average molecular weight is 503 g/mol. The van der Waals surface area contributed by atoms with Gasteiger partial charge in [-0.1, -0.05) is 48.0 Å². The van der Waals surface area contributed by atoms with Crippen molar-refractivity contribution in [3.05, 3.63) is 94.3 Å². The molecule has 1 unspecified atom stereocenters. The fourth-order valence-corrected chi connectivity index (χ4v) is 4.93. The summed E-state index contributed by atoms with van der Waals surface area (Å²) >= 11 is 6.02. The van der Waals surface area contributed by atoms with Crippen LogP contribution in [0.15, 0.2) is 66.7 Å². The Kier molecular flexibility index (Phi) is 7.01. The van der Waals surface area contributed by atoms with Gasteiger partial charge < -0.3 is 14.8 Å². The number of benzene rings is 3. The second-order valence-electron chi connectivity index (χ2n) is 9.44. The SMILES string of the molecule is Cc1nn(Cc2ccc(Cl)cc2)c(C)c1CN(C)CC(O)COc1cccc2[nH]c3ccccc3c12. The topological polar surface area (TPSA) is 66.3 Å². The minimum absolute atomic E-state index is 0.219. The Bertz CT molecular complexity index is 1490. The first-order valence-electron chi connectivity index (χ1n) is 12.1. The number of rotatable bonds is 9. The monoisotopic (exact) mass is 502 g/mol. The summed E-state index contributed by atoms with van der Waals surface area (Å²) in [5.41, 5.74) is 6.58. The van der Waals surface area contributed by atoms with Crippen LogP contribution < -0.4 is 4.74 Å². The van der Waals surface area contributed by atoms with Crippen LogP contribution >= 0.6 is 11.6 Å². The average Bonchev–Trinajstić information content (AvgIpc) is 3.37. The van der Waals surface area contributed by atoms with Crippen molar-refractivity contribution in [1.29, 1.82) is 0 Å². The summed E-state index contributed by atoms with van der Waals surface area (Å²) in [6.07, 6.45) is -0.625. The Morgan fingerprint density at radius 2 is 1.78 bits per heavy atom. The first-order chi connectivity index (χ1) is 17.4. The fraction of sp³-hybridized carbons (Fsp3) is 0.276. The highest BCUT2D eigenvalue weighted by atomic mass is 35.5. The lowest BCUT2D eigenvalue weighted by molar-refractivity contribution is 0.0749. The minimum atomic E-state index is -0.625. The van der Waals surface area contributed by atoms with Crippen molar-refractivity contribution >= 4 is 33.4 Å². The van der Waals surface area contributed by atoms with Crippen molar-refractivity contribution in [3.8, 4) is 5.75 Å². The number of aliphatic hydroxyl groups is 1. The maximum atomic E-state index is 10.7. The van der Waals surface area contributed by atoms with Crippen molar-refractivity contribution in [2.45, 2.75) is 33.0 Å². The van der Waals surface area contributed by atoms with E-state index in [4.69, 9.17) is 21.4 Å². The van der Waals surface area contributed by atoms with Crippen molar-refractivity contribution in [3.63, 3.8) is 0 Å². The highest BCUT2D eigenvalue weighted by molar-refractivity contribution is 6.30. The van der Waals surface area contributed by atoms with Gasteiger partial charge in [0.15, 0.2) is 0 Å². The summed E-state index contributed by atoms with van der Waals surface area (Å²) in [5, 5.41) is 18.4. The van der Waals surface area contributed by atoms with Crippen LogP contribution in [-0.2, 0) is 13.1 Å². The lowest BCUT2D eigenvalue weighted by Gasteiger charge is -2.21. The molecule has 0 aliphatic heterocycles. The number of nitrogens with zero attached hydrogens (tertiary/aromatic N) is 3. The number of aromatic amines is 1.